The summed E-state index contributed by atoms with van der Waals surface area (Å²) in [7, 11) is 0. The fraction of sp³-hybridized carbons (Fsp3) is 0.364. The van der Waals surface area contributed by atoms with Crippen molar-refractivity contribution in [1.29, 1.82) is 0 Å². The first-order valence-corrected chi connectivity index (χ1v) is 16.1. The molecule has 2 aliphatic rings. The molecule has 6 rings (SSSR count). The molecule has 3 aromatic carbocycles. The van der Waals surface area contributed by atoms with Crippen LogP contribution < -0.4 is 25.2 Å². The molecule has 4 aromatic rings. The number of benzene rings is 3. The number of ether oxygens (including phenoxy) is 3. The number of hydrogen-bond donors (Lipinski definition) is 2. The molecular formula is C33H37Cl2N7O4. The molecule has 3 heterocycles. The maximum absolute atomic E-state index is 11.9. The highest BCUT2D eigenvalue weighted by molar-refractivity contribution is 6.35. The van der Waals surface area contributed by atoms with Crippen molar-refractivity contribution in [3.8, 4) is 5.75 Å². The van der Waals surface area contributed by atoms with Crippen LogP contribution in [0.2, 0.25) is 10.0 Å². The average Bonchev–Trinajstić information content (AvgIpc) is 3.74. The summed E-state index contributed by atoms with van der Waals surface area (Å²) in [4.78, 5) is 20.7. The molecule has 2 atom stereocenters. The van der Waals surface area contributed by atoms with Crippen molar-refractivity contribution < 1.29 is 19.0 Å². The van der Waals surface area contributed by atoms with Gasteiger partial charge in [-0.3, -0.25) is 0 Å². The Kier molecular flexibility index (Phi) is 10.1. The summed E-state index contributed by atoms with van der Waals surface area (Å²) in [5.74, 6) is -0.402. The molecular weight excluding hydrogens is 629 g/mol. The summed E-state index contributed by atoms with van der Waals surface area (Å²) in [6, 6.07) is 21.2. The lowest BCUT2D eigenvalue weighted by molar-refractivity contribution is -0.190. The Labute approximate surface area is 278 Å². The molecule has 2 amide bonds. The van der Waals surface area contributed by atoms with Crippen LogP contribution in [0, 0.1) is 0 Å². The van der Waals surface area contributed by atoms with Gasteiger partial charge in [-0.2, -0.15) is 5.10 Å². The monoisotopic (exact) mass is 665 g/mol. The Bertz CT molecular complexity index is 1580. The Balaban J connectivity index is 0.999. The first kappa shape index (κ1) is 31.9. The highest BCUT2D eigenvalue weighted by Crippen LogP contribution is 2.40. The third kappa shape index (κ3) is 7.67. The number of hydrogen-bond acceptors (Lipinski definition) is 8. The lowest BCUT2D eigenvalue weighted by atomic mass is 10.1. The van der Waals surface area contributed by atoms with E-state index in [1.807, 2.05) is 37.3 Å². The molecule has 2 saturated heterocycles. The van der Waals surface area contributed by atoms with Crippen molar-refractivity contribution >= 4 is 46.3 Å². The van der Waals surface area contributed by atoms with Gasteiger partial charge in [-0.15, -0.1) is 0 Å². The summed E-state index contributed by atoms with van der Waals surface area (Å²) in [5, 5.41) is 10.9. The normalized spacial score (nSPS) is 19.7. The molecule has 2 aliphatic heterocycles. The van der Waals surface area contributed by atoms with Crippen molar-refractivity contribution in [1.82, 2.24) is 20.1 Å². The van der Waals surface area contributed by atoms with Crippen LogP contribution in [0.1, 0.15) is 18.9 Å². The summed E-state index contributed by atoms with van der Waals surface area (Å²) in [6.45, 7) is 7.17. The summed E-state index contributed by atoms with van der Waals surface area (Å²) in [6.07, 6.45) is 3.65. The highest BCUT2D eigenvalue weighted by Gasteiger charge is 2.45. The third-order valence-electron chi connectivity index (χ3n) is 7.98. The van der Waals surface area contributed by atoms with E-state index >= 15 is 0 Å². The zero-order valence-electron chi connectivity index (χ0n) is 25.6. The lowest BCUT2D eigenvalue weighted by Gasteiger charge is -2.37. The number of carbonyl (C=O) groups is 1. The van der Waals surface area contributed by atoms with E-state index in [4.69, 9.17) is 37.4 Å². The number of carbonyl (C=O) groups excluding carboxylic acids is 1. The molecule has 0 radical (unpaired) electrons. The predicted octanol–water partition coefficient (Wildman–Crippen LogP) is 5.79. The number of nitrogens with zero attached hydrogens (tertiary/aromatic N) is 5. The van der Waals surface area contributed by atoms with Crippen LogP contribution in [0.4, 0.5) is 21.9 Å². The molecule has 0 aliphatic carbocycles. The molecule has 1 aromatic heterocycles. The fourth-order valence-electron chi connectivity index (χ4n) is 5.62. The molecule has 0 bridgehead atoms. The van der Waals surface area contributed by atoms with Crippen LogP contribution >= 0.6 is 23.2 Å². The van der Waals surface area contributed by atoms with Crippen molar-refractivity contribution in [2.75, 3.05) is 61.1 Å². The van der Waals surface area contributed by atoms with Gasteiger partial charge in [0, 0.05) is 60.4 Å². The SMILES string of the molecule is CCCNC(=O)Nc1ccc(N2CCN(c3ccc(OC[C@@H]4CO[C@@](Cn5cncn5)(c5ccc(Cl)cc5Cl)O4)cc3)CC2)cc1. The Morgan fingerprint density at radius 3 is 2.33 bits per heavy atom. The summed E-state index contributed by atoms with van der Waals surface area (Å²) in [5.41, 5.74) is 3.74. The molecule has 13 heteroatoms. The van der Waals surface area contributed by atoms with Crippen LogP contribution in [-0.4, -0.2) is 72.8 Å². The summed E-state index contributed by atoms with van der Waals surface area (Å²) >= 11 is 12.7. The minimum atomic E-state index is -1.15. The summed E-state index contributed by atoms with van der Waals surface area (Å²) < 4.78 is 20.5. The smallest absolute Gasteiger partial charge is 0.319 e. The third-order valence-corrected chi connectivity index (χ3v) is 8.53. The maximum atomic E-state index is 11.9. The van der Waals surface area contributed by atoms with Crippen LogP contribution in [0.3, 0.4) is 0 Å². The Hall–Kier alpha value is -4.03. The van der Waals surface area contributed by atoms with E-state index in [1.54, 1.807) is 23.1 Å². The molecule has 2 N–H and O–H groups in total. The number of rotatable bonds is 11. The van der Waals surface area contributed by atoms with Gasteiger partial charge in [0.15, 0.2) is 0 Å². The first-order chi connectivity index (χ1) is 22.4. The molecule has 0 unspecified atom stereocenters. The minimum Gasteiger partial charge on any atom is -0.491 e. The molecule has 242 valence electrons. The van der Waals surface area contributed by atoms with E-state index in [1.165, 1.54) is 6.33 Å². The van der Waals surface area contributed by atoms with E-state index < -0.39 is 5.79 Å². The van der Waals surface area contributed by atoms with Gasteiger partial charge in [0.1, 0.15) is 37.7 Å². The first-order valence-electron chi connectivity index (χ1n) is 15.4. The highest BCUT2D eigenvalue weighted by atomic mass is 35.5. The maximum Gasteiger partial charge on any atom is 0.319 e. The molecule has 0 saturated carbocycles. The van der Waals surface area contributed by atoms with Gasteiger partial charge in [0.2, 0.25) is 5.79 Å². The van der Waals surface area contributed by atoms with Gasteiger partial charge in [-0.05, 0) is 67.1 Å². The van der Waals surface area contributed by atoms with E-state index in [0.29, 0.717) is 35.4 Å². The minimum absolute atomic E-state index is 0.179. The van der Waals surface area contributed by atoms with Crippen LogP contribution in [0.5, 0.6) is 5.75 Å². The number of amides is 2. The van der Waals surface area contributed by atoms with Gasteiger partial charge in [-0.25, -0.2) is 14.5 Å². The number of nitrogens with one attached hydrogen (secondary N) is 2. The standard InChI is InChI=1S/C33H37Cl2N7O4/c1-2-13-37-32(43)39-25-4-6-26(7-5-25)40-14-16-41(17-15-40)27-8-10-28(11-9-27)44-19-29-20-45-33(46-29,21-42-23-36-22-38-42)30-12-3-24(34)18-31(30)35/h3-12,18,22-23,29H,2,13-17,19-21H2,1H3,(H2,37,39,43)/t29-,33-/m1/s1. The second-order valence-corrected chi connectivity index (χ2v) is 12.1. The number of aromatic nitrogens is 3. The van der Waals surface area contributed by atoms with Crippen molar-refractivity contribution in [3.63, 3.8) is 0 Å². The quantitative estimate of drug-likeness (QED) is 0.207. The molecule has 46 heavy (non-hydrogen) atoms. The van der Waals surface area contributed by atoms with E-state index in [9.17, 15) is 4.79 Å². The second-order valence-electron chi connectivity index (χ2n) is 11.2. The van der Waals surface area contributed by atoms with Crippen LogP contribution in [0.25, 0.3) is 0 Å². The van der Waals surface area contributed by atoms with Crippen molar-refractivity contribution in [2.24, 2.45) is 0 Å². The average molecular weight is 667 g/mol. The number of piperazine rings is 1. The van der Waals surface area contributed by atoms with Crippen LogP contribution in [0.15, 0.2) is 79.4 Å². The van der Waals surface area contributed by atoms with Gasteiger partial charge in [-0.1, -0.05) is 36.2 Å². The lowest BCUT2D eigenvalue weighted by Crippen LogP contribution is -2.46. The van der Waals surface area contributed by atoms with Crippen molar-refractivity contribution in [2.45, 2.75) is 31.8 Å². The molecule has 2 fully saturated rings. The van der Waals surface area contributed by atoms with Gasteiger partial charge >= 0.3 is 6.03 Å². The number of halogens is 2. The number of urea groups is 1. The fourth-order valence-corrected chi connectivity index (χ4v) is 6.17. The zero-order chi connectivity index (χ0) is 31.9. The molecule has 11 nitrogen and oxygen atoms in total. The largest absolute Gasteiger partial charge is 0.491 e. The van der Waals surface area contributed by atoms with Gasteiger partial charge in [0.05, 0.1) is 11.6 Å². The predicted molar refractivity (Wildman–Crippen MR) is 179 cm³/mol. The number of anilines is 3. The molecule has 0 spiro atoms. The van der Waals surface area contributed by atoms with E-state index in [2.05, 4.69) is 54.8 Å². The van der Waals surface area contributed by atoms with Gasteiger partial charge in [0.25, 0.3) is 0 Å². The topological polar surface area (TPSA) is 106 Å². The Morgan fingerprint density at radius 2 is 1.70 bits per heavy atom. The Morgan fingerprint density at radius 1 is 1.00 bits per heavy atom. The van der Waals surface area contributed by atoms with Crippen LogP contribution in [-0.2, 0) is 21.8 Å². The second kappa shape index (κ2) is 14.6. The zero-order valence-corrected chi connectivity index (χ0v) is 27.1. The van der Waals surface area contributed by atoms with Crippen molar-refractivity contribution in [3.05, 3.63) is 95.0 Å². The van der Waals surface area contributed by atoms with E-state index in [-0.39, 0.29) is 18.7 Å². The van der Waals surface area contributed by atoms with Gasteiger partial charge < -0.3 is 34.6 Å². The van der Waals surface area contributed by atoms with E-state index in [0.717, 1.165) is 55.4 Å².